The van der Waals surface area contributed by atoms with Gasteiger partial charge in [-0.15, -0.1) is 0 Å². The van der Waals surface area contributed by atoms with Crippen LogP contribution in [0.1, 0.15) is 51.2 Å². The van der Waals surface area contributed by atoms with Crippen molar-refractivity contribution in [3.8, 4) is 11.6 Å². The van der Waals surface area contributed by atoms with E-state index in [-0.39, 0.29) is 49.4 Å². The first-order valence-electron chi connectivity index (χ1n) is 12.5. The minimum absolute atomic E-state index is 0.141. The normalized spacial score (nSPS) is 20.3. The van der Waals surface area contributed by atoms with Crippen LogP contribution in [0.3, 0.4) is 0 Å². The van der Waals surface area contributed by atoms with E-state index < -0.39 is 0 Å². The molecule has 1 saturated heterocycles. The Balaban J connectivity index is 1.43. The molecule has 2 N–H and O–H groups in total. The highest BCUT2D eigenvalue weighted by Gasteiger charge is 2.39. The molecule has 1 fully saturated rings. The molecule has 2 atom stereocenters. The molecule has 1 aromatic carbocycles. The Labute approximate surface area is 215 Å². The average molecular weight is 503 g/mol. The quantitative estimate of drug-likeness (QED) is 0.555. The fraction of sp³-hybridized carbons (Fsp3) is 0.370. The molecule has 3 aromatic rings. The number of pyridine rings is 1. The molecule has 5 rings (SSSR count). The summed E-state index contributed by atoms with van der Waals surface area (Å²) in [4.78, 5) is 45.7. The van der Waals surface area contributed by atoms with E-state index in [2.05, 4.69) is 20.7 Å². The first-order valence-corrected chi connectivity index (χ1v) is 12.5. The van der Waals surface area contributed by atoms with E-state index in [0.717, 1.165) is 5.56 Å². The number of hydrogen-bond donors (Lipinski definition) is 2. The Morgan fingerprint density at radius 1 is 1.08 bits per heavy atom. The van der Waals surface area contributed by atoms with E-state index in [9.17, 15) is 14.4 Å². The molecular weight excluding hydrogens is 472 g/mol. The average Bonchev–Trinajstić information content (AvgIpc) is 3.48. The molecule has 4 heterocycles. The fourth-order valence-corrected chi connectivity index (χ4v) is 5.01. The molecule has 4 bridgehead atoms. The van der Waals surface area contributed by atoms with Gasteiger partial charge in [0.05, 0.1) is 24.0 Å². The number of benzene rings is 1. The number of fused-ring (bicyclic) bond motifs is 4. The lowest BCUT2D eigenvalue weighted by Crippen LogP contribution is -2.48. The molecule has 0 saturated carbocycles. The Kier molecular flexibility index (Phi) is 6.89. The van der Waals surface area contributed by atoms with E-state index in [1.807, 2.05) is 38.1 Å². The van der Waals surface area contributed by atoms with Crippen LogP contribution >= 0.6 is 0 Å². The maximum atomic E-state index is 13.9. The third-order valence-electron chi connectivity index (χ3n) is 7.01. The van der Waals surface area contributed by atoms with Crippen LogP contribution in [-0.2, 0) is 4.79 Å². The number of nitrogens with zero attached hydrogens (tertiary/aromatic N) is 4. The van der Waals surface area contributed by atoms with Crippen molar-refractivity contribution in [2.24, 2.45) is 0 Å². The fourth-order valence-electron chi connectivity index (χ4n) is 5.01. The molecule has 0 spiro atoms. The van der Waals surface area contributed by atoms with Gasteiger partial charge in [0.25, 0.3) is 11.8 Å². The smallest absolute Gasteiger partial charge is 0.257 e. The monoisotopic (exact) mass is 502 g/mol. The number of hydrogen-bond acceptors (Lipinski definition) is 6. The maximum absolute atomic E-state index is 13.9. The lowest BCUT2D eigenvalue weighted by molar-refractivity contribution is -0.122. The molecule has 10 nitrogen and oxygen atoms in total. The SMILES string of the molecule is Cc1ccc2cc1OCCNC(=O)C[C@@H]1CC[C@H](CNC2=O)N1C(=O)c1cnn(-c2ccccn2)c1C. The third kappa shape index (κ3) is 5.04. The number of carbonyl (C=O) groups is 3. The molecule has 37 heavy (non-hydrogen) atoms. The van der Waals surface area contributed by atoms with Crippen molar-refractivity contribution in [2.45, 2.75) is 45.2 Å². The van der Waals surface area contributed by atoms with Gasteiger partial charge in [-0.2, -0.15) is 5.10 Å². The maximum Gasteiger partial charge on any atom is 0.257 e. The highest BCUT2D eigenvalue weighted by molar-refractivity contribution is 5.97. The molecule has 0 radical (unpaired) electrons. The Hall–Kier alpha value is -4.21. The molecule has 192 valence electrons. The number of aromatic nitrogens is 3. The van der Waals surface area contributed by atoms with E-state index in [4.69, 9.17) is 4.74 Å². The van der Waals surface area contributed by atoms with Crippen LogP contribution in [0.4, 0.5) is 0 Å². The summed E-state index contributed by atoms with van der Waals surface area (Å²) in [5.41, 5.74) is 2.50. The Morgan fingerprint density at radius 2 is 1.92 bits per heavy atom. The molecule has 3 amide bonds. The second-order valence-electron chi connectivity index (χ2n) is 9.43. The first-order chi connectivity index (χ1) is 17.9. The van der Waals surface area contributed by atoms with Gasteiger partial charge in [0, 0.05) is 36.8 Å². The van der Waals surface area contributed by atoms with Gasteiger partial charge in [-0.1, -0.05) is 12.1 Å². The number of amides is 3. The van der Waals surface area contributed by atoms with Gasteiger partial charge in [-0.25, -0.2) is 9.67 Å². The molecule has 2 aliphatic rings. The largest absolute Gasteiger partial charge is 0.491 e. The zero-order valence-electron chi connectivity index (χ0n) is 20.9. The molecule has 2 aromatic heterocycles. The molecule has 0 aliphatic carbocycles. The lowest BCUT2D eigenvalue weighted by Gasteiger charge is -2.30. The second kappa shape index (κ2) is 10.4. The highest BCUT2D eigenvalue weighted by atomic mass is 16.5. The highest BCUT2D eigenvalue weighted by Crippen LogP contribution is 2.29. The van der Waals surface area contributed by atoms with Crippen LogP contribution in [0.25, 0.3) is 5.82 Å². The van der Waals surface area contributed by atoms with Gasteiger partial charge in [-0.3, -0.25) is 14.4 Å². The number of nitrogens with one attached hydrogen (secondary N) is 2. The van der Waals surface area contributed by atoms with Crippen molar-refractivity contribution in [3.05, 3.63) is 71.2 Å². The van der Waals surface area contributed by atoms with Crippen molar-refractivity contribution >= 4 is 17.7 Å². The van der Waals surface area contributed by atoms with Crippen molar-refractivity contribution in [2.75, 3.05) is 19.7 Å². The van der Waals surface area contributed by atoms with Gasteiger partial charge in [0.2, 0.25) is 5.91 Å². The van der Waals surface area contributed by atoms with E-state index in [1.165, 1.54) is 0 Å². The van der Waals surface area contributed by atoms with E-state index in [0.29, 0.717) is 47.8 Å². The van der Waals surface area contributed by atoms with E-state index in [1.54, 1.807) is 34.1 Å². The summed E-state index contributed by atoms with van der Waals surface area (Å²) in [6.07, 6.45) is 4.74. The van der Waals surface area contributed by atoms with Crippen LogP contribution in [0, 0.1) is 13.8 Å². The number of rotatable bonds is 2. The topological polar surface area (TPSA) is 118 Å². The predicted molar refractivity (Wildman–Crippen MR) is 136 cm³/mol. The molecular formula is C27H30N6O4. The number of ether oxygens (including phenoxy) is 1. The van der Waals surface area contributed by atoms with Gasteiger partial charge in [-0.05, 0) is 56.5 Å². The minimum atomic E-state index is -0.290. The Morgan fingerprint density at radius 3 is 2.73 bits per heavy atom. The summed E-state index contributed by atoms with van der Waals surface area (Å²) in [5.74, 6) is 0.640. The zero-order chi connectivity index (χ0) is 25.9. The molecule has 10 heteroatoms. The molecule has 0 unspecified atom stereocenters. The van der Waals surface area contributed by atoms with Gasteiger partial charge >= 0.3 is 0 Å². The minimum Gasteiger partial charge on any atom is -0.491 e. The van der Waals surface area contributed by atoms with Crippen molar-refractivity contribution < 1.29 is 19.1 Å². The number of carbonyl (C=O) groups excluding carboxylic acids is 3. The van der Waals surface area contributed by atoms with Crippen LogP contribution in [0.5, 0.6) is 5.75 Å². The standard InChI is InChI=1S/C27H30N6O4/c1-17-6-7-19-13-23(17)37-12-11-29-25(34)14-20-8-9-21(15-30-26(19)35)32(20)27(36)22-16-31-33(18(22)2)24-5-3-4-10-28-24/h3-7,10,13,16,20-21H,8-9,11-12,14-15H2,1-2H3,(H,29,34)(H,30,35)/t20-,21+/m0/s1. The van der Waals surface area contributed by atoms with Crippen LogP contribution in [-0.4, -0.2) is 69.2 Å². The second-order valence-corrected chi connectivity index (χ2v) is 9.43. The summed E-state index contributed by atoms with van der Waals surface area (Å²) in [6, 6.07) is 10.3. The van der Waals surface area contributed by atoms with Crippen molar-refractivity contribution in [1.29, 1.82) is 0 Å². The summed E-state index contributed by atoms with van der Waals surface area (Å²) in [7, 11) is 0. The van der Waals surface area contributed by atoms with Gasteiger partial charge in [0.15, 0.2) is 5.82 Å². The zero-order valence-corrected chi connectivity index (χ0v) is 20.9. The van der Waals surface area contributed by atoms with Crippen LogP contribution in [0.15, 0.2) is 48.8 Å². The summed E-state index contributed by atoms with van der Waals surface area (Å²) in [5, 5.41) is 10.3. The van der Waals surface area contributed by atoms with Gasteiger partial charge < -0.3 is 20.3 Å². The Bertz CT molecular complexity index is 1320. The van der Waals surface area contributed by atoms with Crippen molar-refractivity contribution in [1.82, 2.24) is 30.3 Å². The first kappa shape index (κ1) is 24.5. The van der Waals surface area contributed by atoms with Crippen LogP contribution < -0.4 is 15.4 Å². The van der Waals surface area contributed by atoms with Gasteiger partial charge in [0.1, 0.15) is 12.4 Å². The predicted octanol–water partition coefficient (Wildman–Crippen LogP) is 2.19. The summed E-state index contributed by atoms with van der Waals surface area (Å²) < 4.78 is 7.44. The number of aryl methyl sites for hydroxylation is 1. The lowest BCUT2D eigenvalue weighted by atomic mass is 10.1. The molecule has 2 aliphatic heterocycles. The van der Waals surface area contributed by atoms with Crippen molar-refractivity contribution in [3.63, 3.8) is 0 Å². The third-order valence-corrected chi connectivity index (χ3v) is 7.01. The summed E-state index contributed by atoms with van der Waals surface area (Å²) >= 11 is 0. The van der Waals surface area contributed by atoms with E-state index >= 15 is 0 Å². The van der Waals surface area contributed by atoms with Crippen LogP contribution in [0.2, 0.25) is 0 Å². The summed E-state index contributed by atoms with van der Waals surface area (Å²) in [6.45, 7) is 4.62.